The topological polar surface area (TPSA) is 48.0 Å². The first-order chi connectivity index (χ1) is 8.81. The lowest BCUT2D eigenvalue weighted by Gasteiger charge is -2.14. The summed E-state index contributed by atoms with van der Waals surface area (Å²) in [4.78, 5) is 12.4. The molecule has 3 nitrogen and oxygen atoms in total. The minimum Gasteiger partial charge on any atom is -0.326 e. The van der Waals surface area contributed by atoms with Gasteiger partial charge in [-0.15, -0.1) is 0 Å². The van der Waals surface area contributed by atoms with Crippen LogP contribution in [0.5, 0.6) is 0 Å². The molecule has 0 atom stereocenters. The highest BCUT2D eigenvalue weighted by atomic mass is 16.1. The average Bonchev–Trinajstić information content (AvgIpc) is 2.86. The van der Waals surface area contributed by atoms with Crippen molar-refractivity contribution < 1.29 is 0 Å². The number of pyridine rings is 1. The van der Waals surface area contributed by atoms with E-state index in [9.17, 15) is 4.79 Å². The van der Waals surface area contributed by atoms with E-state index >= 15 is 0 Å². The molecule has 0 bridgehead atoms. The fraction of sp³-hybridized carbons (Fsp3) is 0.267. The number of para-hydroxylation sites is 1. The van der Waals surface area contributed by atoms with Crippen LogP contribution in [0.4, 0.5) is 0 Å². The summed E-state index contributed by atoms with van der Waals surface area (Å²) in [6.07, 6.45) is 3.15. The van der Waals surface area contributed by atoms with Gasteiger partial charge < -0.3 is 5.73 Å². The largest absolute Gasteiger partial charge is 0.326 e. The molecule has 0 saturated carbocycles. The van der Waals surface area contributed by atoms with E-state index in [1.807, 2.05) is 41.0 Å². The lowest BCUT2D eigenvalue weighted by Crippen LogP contribution is -2.27. The molecule has 0 saturated heterocycles. The third-order valence-electron chi connectivity index (χ3n) is 3.56. The zero-order chi connectivity index (χ0) is 12.5. The van der Waals surface area contributed by atoms with Crippen LogP contribution >= 0.6 is 0 Å². The SMILES string of the molecule is NCc1cc2c(n(-c3ccccc3)c1=O)CCC2. The van der Waals surface area contributed by atoms with E-state index in [1.54, 1.807) is 0 Å². The van der Waals surface area contributed by atoms with Crippen molar-refractivity contribution in [1.82, 2.24) is 4.57 Å². The molecule has 0 spiro atoms. The van der Waals surface area contributed by atoms with Gasteiger partial charge in [0.25, 0.3) is 5.56 Å². The zero-order valence-electron chi connectivity index (χ0n) is 10.2. The van der Waals surface area contributed by atoms with Crippen LogP contribution in [0, 0.1) is 0 Å². The molecule has 1 heterocycles. The zero-order valence-corrected chi connectivity index (χ0v) is 10.2. The monoisotopic (exact) mass is 240 g/mol. The number of aryl methyl sites for hydroxylation is 1. The normalized spacial score (nSPS) is 13.6. The molecular formula is C15H16N2O. The number of hydrogen-bond acceptors (Lipinski definition) is 2. The summed E-state index contributed by atoms with van der Waals surface area (Å²) in [5.74, 6) is 0. The molecular weight excluding hydrogens is 224 g/mol. The van der Waals surface area contributed by atoms with Gasteiger partial charge in [-0.1, -0.05) is 18.2 Å². The molecule has 3 heteroatoms. The molecule has 3 rings (SSSR count). The highest BCUT2D eigenvalue weighted by Crippen LogP contribution is 2.23. The van der Waals surface area contributed by atoms with Crippen LogP contribution in [0.15, 0.2) is 41.2 Å². The number of aromatic nitrogens is 1. The highest BCUT2D eigenvalue weighted by Gasteiger charge is 2.19. The van der Waals surface area contributed by atoms with E-state index in [0.29, 0.717) is 12.1 Å². The van der Waals surface area contributed by atoms with E-state index in [1.165, 1.54) is 5.56 Å². The Morgan fingerprint density at radius 2 is 1.94 bits per heavy atom. The van der Waals surface area contributed by atoms with Gasteiger partial charge in [-0.25, -0.2) is 0 Å². The Morgan fingerprint density at radius 1 is 1.17 bits per heavy atom. The van der Waals surface area contributed by atoms with Gasteiger partial charge in [0.1, 0.15) is 0 Å². The van der Waals surface area contributed by atoms with E-state index in [2.05, 4.69) is 0 Å². The van der Waals surface area contributed by atoms with Crippen LogP contribution in [-0.4, -0.2) is 4.57 Å². The summed E-state index contributed by atoms with van der Waals surface area (Å²) < 4.78 is 1.84. The number of rotatable bonds is 2. The number of nitrogens with zero attached hydrogens (tertiary/aromatic N) is 1. The second kappa shape index (κ2) is 4.42. The minimum absolute atomic E-state index is 0.0318. The van der Waals surface area contributed by atoms with Gasteiger partial charge in [0.15, 0.2) is 0 Å². The number of nitrogens with two attached hydrogens (primary N) is 1. The maximum atomic E-state index is 12.4. The standard InChI is InChI=1S/C15H16N2O/c16-10-12-9-11-5-4-8-14(11)17(15(12)18)13-6-2-1-3-7-13/h1-3,6-7,9H,4-5,8,10,16H2. The van der Waals surface area contributed by atoms with Gasteiger partial charge in [0.05, 0.1) is 0 Å². The van der Waals surface area contributed by atoms with Crippen LogP contribution in [0.25, 0.3) is 5.69 Å². The number of hydrogen-bond donors (Lipinski definition) is 1. The Balaban J connectivity index is 2.31. The molecule has 0 amide bonds. The van der Waals surface area contributed by atoms with Gasteiger partial charge in [-0.2, -0.15) is 0 Å². The van der Waals surface area contributed by atoms with Crippen LogP contribution in [0.2, 0.25) is 0 Å². The molecule has 2 aromatic rings. The first-order valence-electron chi connectivity index (χ1n) is 6.33. The molecule has 1 aliphatic rings. The van der Waals surface area contributed by atoms with Crippen molar-refractivity contribution in [1.29, 1.82) is 0 Å². The third kappa shape index (κ3) is 1.68. The van der Waals surface area contributed by atoms with E-state index in [-0.39, 0.29) is 5.56 Å². The maximum absolute atomic E-state index is 12.4. The van der Waals surface area contributed by atoms with Crippen LogP contribution < -0.4 is 11.3 Å². The van der Waals surface area contributed by atoms with Crippen molar-refractivity contribution in [2.45, 2.75) is 25.8 Å². The van der Waals surface area contributed by atoms with Crippen LogP contribution in [0.1, 0.15) is 23.2 Å². The summed E-state index contributed by atoms with van der Waals surface area (Å²) >= 11 is 0. The summed E-state index contributed by atoms with van der Waals surface area (Å²) in [7, 11) is 0. The Hall–Kier alpha value is -1.87. The molecule has 0 radical (unpaired) electrons. The highest BCUT2D eigenvalue weighted by molar-refractivity contribution is 5.40. The molecule has 0 fully saturated rings. The second-order valence-corrected chi connectivity index (χ2v) is 4.68. The lowest BCUT2D eigenvalue weighted by molar-refractivity contribution is 0.838. The molecule has 18 heavy (non-hydrogen) atoms. The Labute approximate surface area is 106 Å². The van der Waals surface area contributed by atoms with Crippen molar-refractivity contribution in [2.75, 3.05) is 0 Å². The summed E-state index contributed by atoms with van der Waals surface area (Å²) in [6, 6.07) is 11.8. The van der Waals surface area contributed by atoms with Crippen molar-refractivity contribution >= 4 is 0 Å². The van der Waals surface area contributed by atoms with Gasteiger partial charge in [-0.05, 0) is 43.0 Å². The number of benzene rings is 1. The smallest absolute Gasteiger partial charge is 0.259 e. The molecule has 0 unspecified atom stereocenters. The maximum Gasteiger partial charge on any atom is 0.259 e. The van der Waals surface area contributed by atoms with E-state index in [4.69, 9.17) is 5.73 Å². The first-order valence-corrected chi connectivity index (χ1v) is 6.33. The van der Waals surface area contributed by atoms with Crippen LogP contribution in [-0.2, 0) is 19.4 Å². The fourth-order valence-corrected chi connectivity index (χ4v) is 2.70. The van der Waals surface area contributed by atoms with Crippen molar-refractivity contribution in [2.24, 2.45) is 5.73 Å². The number of fused-ring (bicyclic) bond motifs is 1. The summed E-state index contributed by atoms with van der Waals surface area (Å²) in [5, 5.41) is 0. The quantitative estimate of drug-likeness (QED) is 0.870. The molecule has 1 aromatic carbocycles. The van der Waals surface area contributed by atoms with Gasteiger partial charge in [0, 0.05) is 23.5 Å². The minimum atomic E-state index is 0.0318. The first kappa shape index (κ1) is 11.2. The lowest BCUT2D eigenvalue weighted by atomic mass is 10.1. The molecule has 1 aromatic heterocycles. The summed E-state index contributed by atoms with van der Waals surface area (Å²) in [5.41, 5.74) is 9.79. The van der Waals surface area contributed by atoms with Crippen LogP contribution in [0.3, 0.4) is 0 Å². The second-order valence-electron chi connectivity index (χ2n) is 4.68. The molecule has 0 aliphatic heterocycles. The predicted molar refractivity (Wildman–Crippen MR) is 72.0 cm³/mol. The predicted octanol–water partition coefficient (Wildman–Crippen LogP) is 1.78. The fourth-order valence-electron chi connectivity index (χ4n) is 2.70. The third-order valence-corrected chi connectivity index (χ3v) is 3.56. The van der Waals surface area contributed by atoms with Gasteiger partial charge >= 0.3 is 0 Å². The Bertz CT molecular complexity index is 629. The molecule has 2 N–H and O–H groups in total. The Kier molecular flexibility index (Phi) is 2.76. The average molecular weight is 240 g/mol. The molecule has 92 valence electrons. The van der Waals surface area contributed by atoms with E-state index < -0.39 is 0 Å². The van der Waals surface area contributed by atoms with Crippen molar-refractivity contribution in [3.05, 3.63) is 63.6 Å². The summed E-state index contributed by atoms with van der Waals surface area (Å²) in [6.45, 7) is 0.305. The van der Waals surface area contributed by atoms with Gasteiger partial charge in [0.2, 0.25) is 0 Å². The van der Waals surface area contributed by atoms with Gasteiger partial charge in [-0.3, -0.25) is 9.36 Å². The van der Waals surface area contributed by atoms with Crippen molar-refractivity contribution in [3.8, 4) is 5.69 Å². The van der Waals surface area contributed by atoms with Crippen molar-refractivity contribution in [3.63, 3.8) is 0 Å². The molecule has 1 aliphatic carbocycles. The van der Waals surface area contributed by atoms with E-state index in [0.717, 1.165) is 30.6 Å². The Morgan fingerprint density at radius 3 is 2.67 bits per heavy atom.